The van der Waals surface area contributed by atoms with Gasteiger partial charge in [-0.3, -0.25) is 9.67 Å². The Balaban J connectivity index is 1.51. The lowest BCUT2D eigenvalue weighted by atomic mass is 9.96. The number of rotatable bonds is 7. The van der Waals surface area contributed by atoms with Gasteiger partial charge in [-0.05, 0) is 48.9 Å². The fourth-order valence-electron chi connectivity index (χ4n) is 5.95. The largest absolute Gasteiger partial charge is 0.490 e. The number of nitrogens with one attached hydrogen (secondary N) is 1. The van der Waals surface area contributed by atoms with Crippen molar-refractivity contribution in [3.05, 3.63) is 70.5 Å². The number of pyridine rings is 2. The van der Waals surface area contributed by atoms with Crippen molar-refractivity contribution in [1.29, 1.82) is 0 Å². The first-order valence-corrected chi connectivity index (χ1v) is 14.8. The van der Waals surface area contributed by atoms with Gasteiger partial charge in [0, 0.05) is 59.2 Å². The lowest BCUT2D eigenvalue weighted by Gasteiger charge is -2.21. The Bertz CT molecular complexity index is 1820. The zero-order valence-electron chi connectivity index (χ0n) is 23.2. The number of methoxy groups -OCH3 is 1. The van der Waals surface area contributed by atoms with E-state index < -0.39 is 17.7 Å². The van der Waals surface area contributed by atoms with Gasteiger partial charge in [0.1, 0.15) is 35.4 Å². The van der Waals surface area contributed by atoms with E-state index in [1.54, 1.807) is 6.20 Å². The summed E-state index contributed by atoms with van der Waals surface area (Å²) in [6.07, 6.45) is 2.54. The van der Waals surface area contributed by atoms with Crippen LogP contribution in [0.15, 0.2) is 41.9 Å². The van der Waals surface area contributed by atoms with E-state index in [0.29, 0.717) is 41.3 Å². The van der Waals surface area contributed by atoms with E-state index in [2.05, 4.69) is 17.2 Å². The number of hydrogen-bond donors (Lipinski definition) is 2. The Morgan fingerprint density at radius 3 is 2.86 bits per heavy atom. The highest BCUT2D eigenvalue weighted by atomic mass is 32.1. The molecule has 5 heterocycles. The Kier molecular flexibility index (Phi) is 6.97. The fourth-order valence-corrected chi connectivity index (χ4v) is 6.90. The maximum absolute atomic E-state index is 15.9. The van der Waals surface area contributed by atoms with Crippen molar-refractivity contribution in [3.8, 4) is 39.5 Å². The smallest absolute Gasteiger partial charge is 0.137 e. The van der Waals surface area contributed by atoms with Gasteiger partial charge in [0.05, 0.1) is 41.9 Å². The number of aliphatic hydroxyl groups is 1. The number of fused-ring (bicyclic) bond motifs is 3. The Hall–Kier alpha value is -3.77. The lowest BCUT2D eigenvalue weighted by molar-refractivity contribution is 0.146. The molecular formula is C31H29F2N5O3S. The van der Waals surface area contributed by atoms with Crippen LogP contribution in [0.2, 0.25) is 0 Å². The highest BCUT2D eigenvalue weighted by Crippen LogP contribution is 2.47. The third-order valence-electron chi connectivity index (χ3n) is 7.97. The molecule has 0 radical (unpaired) electrons. The predicted molar refractivity (Wildman–Crippen MR) is 156 cm³/mol. The van der Waals surface area contributed by atoms with Crippen LogP contribution in [-0.4, -0.2) is 51.7 Å². The van der Waals surface area contributed by atoms with Crippen molar-refractivity contribution in [2.24, 2.45) is 0 Å². The van der Waals surface area contributed by atoms with E-state index in [1.807, 2.05) is 28.3 Å². The van der Waals surface area contributed by atoms with E-state index in [9.17, 15) is 9.50 Å². The van der Waals surface area contributed by atoms with Crippen molar-refractivity contribution < 1.29 is 23.4 Å². The second-order valence-corrected chi connectivity index (χ2v) is 11.5. The number of aromatic nitrogens is 4. The lowest BCUT2D eigenvalue weighted by Crippen LogP contribution is -2.31. The van der Waals surface area contributed by atoms with Gasteiger partial charge in [0.2, 0.25) is 0 Å². The number of hydrogen-bond acceptors (Lipinski definition) is 8. The Morgan fingerprint density at radius 2 is 2.02 bits per heavy atom. The molecule has 216 valence electrons. The number of aliphatic hydroxyl groups excluding tert-OH is 1. The number of ether oxygens (including phenoxy) is 2. The van der Waals surface area contributed by atoms with Gasteiger partial charge in [-0.2, -0.15) is 5.10 Å². The van der Waals surface area contributed by atoms with Crippen LogP contribution in [0.1, 0.15) is 42.4 Å². The quantitative estimate of drug-likeness (QED) is 0.231. The molecule has 0 saturated carbocycles. The molecule has 2 aliphatic rings. The summed E-state index contributed by atoms with van der Waals surface area (Å²) < 4.78 is 44.1. The van der Waals surface area contributed by atoms with Gasteiger partial charge in [-0.25, -0.2) is 13.8 Å². The Morgan fingerprint density at radius 1 is 1.14 bits per heavy atom. The second kappa shape index (κ2) is 10.8. The number of halogens is 2. The average molecular weight is 590 g/mol. The van der Waals surface area contributed by atoms with Gasteiger partial charge in [0.25, 0.3) is 0 Å². The third-order valence-corrected chi connectivity index (χ3v) is 8.90. The maximum atomic E-state index is 15.9. The summed E-state index contributed by atoms with van der Waals surface area (Å²) in [5.41, 5.74) is 5.85. The van der Waals surface area contributed by atoms with Gasteiger partial charge in [0.15, 0.2) is 0 Å². The summed E-state index contributed by atoms with van der Waals surface area (Å²) in [5.74, 6) is -1.41. The normalized spacial score (nSPS) is 17.9. The molecule has 1 aliphatic heterocycles. The van der Waals surface area contributed by atoms with Crippen LogP contribution in [0.25, 0.3) is 43.9 Å². The molecule has 42 heavy (non-hydrogen) atoms. The van der Waals surface area contributed by atoms with Crippen LogP contribution in [0, 0.1) is 11.6 Å². The minimum absolute atomic E-state index is 0.0715. The van der Waals surface area contributed by atoms with Gasteiger partial charge in [-0.1, -0.05) is 0 Å². The molecule has 1 aromatic carbocycles. The first-order chi connectivity index (χ1) is 20.4. The van der Waals surface area contributed by atoms with Gasteiger partial charge in [-0.15, -0.1) is 11.3 Å². The fraction of sp³-hybridized carbons (Fsp3) is 0.323. The standard InChI is InChI=1S/C31H29F2N5O3S/c1-16-23-14-22(37-38(23)7-6-34-16)30-27(26-21(33)12-19(32)13-25(26)41-9-8-40-2)31-20(5-10-42-31)28(36-30)18-11-17-3-4-24(39)29(17)35-15-18/h5,10-16,24,34,39H,3-4,6-9H2,1-2H3/t16-,24-/m1/s1. The molecule has 5 aromatic rings. The van der Waals surface area contributed by atoms with Crippen molar-refractivity contribution in [2.75, 3.05) is 26.9 Å². The van der Waals surface area contributed by atoms with Crippen molar-refractivity contribution in [1.82, 2.24) is 25.1 Å². The van der Waals surface area contributed by atoms with Gasteiger partial charge >= 0.3 is 0 Å². The molecule has 7 rings (SSSR count). The van der Waals surface area contributed by atoms with Crippen LogP contribution in [-0.2, 0) is 17.7 Å². The molecule has 2 N–H and O–H groups in total. The first kappa shape index (κ1) is 27.1. The zero-order valence-corrected chi connectivity index (χ0v) is 24.0. The Labute approximate surface area is 245 Å². The molecule has 8 nitrogen and oxygen atoms in total. The minimum atomic E-state index is -0.750. The number of benzene rings is 1. The number of aryl methyl sites for hydroxylation is 1. The molecule has 0 amide bonds. The molecule has 4 aromatic heterocycles. The zero-order chi connectivity index (χ0) is 29.0. The number of nitrogens with zero attached hydrogens (tertiary/aromatic N) is 4. The van der Waals surface area contributed by atoms with E-state index in [1.165, 1.54) is 24.5 Å². The summed E-state index contributed by atoms with van der Waals surface area (Å²) in [5, 5.41) is 21.4. The molecule has 0 saturated heterocycles. The van der Waals surface area contributed by atoms with E-state index in [4.69, 9.17) is 19.6 Å². The van der Waals surface area contributed by atoms with Crippen LogP contribution in [0.4, 0.5) is 8.78 Å². The summed E-state index contributed by atoms with van der Waals surface area (Å²) in [6.45, 7) is 3.92. The minimum Gasteiger partial charge on any atom is -0.490 e. The van der Waals surface area contributed by atoms with Crippen molar-refractivity contribution in [3.63, 3.8) is 0 Å². The molecule has 0 unspecified atom stereocenters. The highest BCUT2D eigenvalue weighted by Gasteiger charge is 2.29. The third kappa shape index (κ3) is 4.57. The summed E-state index contributed by atoms with van der Waals surface area (Å²) >= 11 is 1.45. The van der Waals surface area contributed by atoms with E-state index in [-0.39, 0.29) is 30.6 Å². The monoisotopic (exact) mass is 589 g/mol. The highest BCUT2D eigenvalue weighted by molar-refractivity contribution is 7.18. The SMILES string of the molecule is COCCOc1cc(F)cc(F)c1-c1c(-c2cc3n(n2)CCN[C@@H]3C)nc(-c2cnc3c(c2)CC[C@H]3O)c2ccsc12. The second-order valence-electron chi connectivity index (χ2n) is 10.6. The van der Waals surface area contributed by atoms with Crippen molar-refractivity contribution in [2.45, 2.75) is 38.5 Å². The molecule has 0 bridgehead atoms. The van der Waals surface area contributed by atoms with Crippen LogP contribution < -0.4 is 10.1 Å². The molecule has 2 atom stereocenters. The predicted octanol–water partition coefficient (Wildman–Crippen LogP) is 5.84. The molecule has 11 heteroatoms. The topological polar surface area (TPSA) is 94.3 Å². The first-order valence-electron chi connectivity index (χ1n) is 13.9. The summed E-state index contributed by atoms with van der Waals surface area (Å²) in [4.78, 5) is 9.76. The van der Waals surface area contributed by atoms with E-state index >= 15 is 4.39 Å². The average Bonchev–Trinajstić information content (AvgIpc) is 3.72. The van der Waals surface area contributed by atoms with Gasteiger partial charge < -0.3 is 19.9 Å². The molecular weight excluding hydrogens is 560 g/mol. The molecule has 1 aliphatic carbocycles. The van der Waals surface area contributed by atoms with Crippen LogP contribution in [0.3, 0.4) is 0 Å². The molecule has 0 spiro atoms. The van der Waals surface area contributed by atoms with Crippen LogP contribution in [0.5, 0.6) is 5.75 Å². The maximum Gasteiger partial charge on any atom is 0.137 e. The number of thiophene rings is 1. The van der Waals surface area contributed by atoms with Crippen molar-refractivity contribution >= 4 is 21.4 Å². The summed E-state index contributed by atoms with van der Waals surface area (Å²) in [6, 6.07) is 8.12. The van der Waals surface area contributed by atoms with Crippen LogP contribution >= 0.6 is 11.3 Å². The van der Waals surface area contributed by atoms with E-state index in [0.717, 1.165) is 45.9 Å². The molecule has 0 fully saturated rings. The summed E-state index contributed by atoms with van der Waals surface area (Å²) in [7, 11) is 1.54.